The van der Waals surface area contributed by atoms with Crippen LogP contribution in [-0.4, -0.2) is 12.6 Å². The van der Waals surface area contributed by atoms with Crippen molar-refractivity contribution in [2.75, 3.05) is 6.54 Å². The zero-order chi connectivity index (χ0) is 10.4. The van der Waals surface area contributed by atoms with E-state index in [0.717, 1.165) is 12.8 Å². The van der Waals surface area contributed by atoms with Gasteiger partial charge < -0.3 is 10.5 Å². The molecule has 0 spiro atoms. The van der Waals surface area contributed by atoms with Gasteiger partial charge in [-0.15, -0.1) is 0 Å². The van der Waals surface area contributed by atoms with Crippen LogP contribution in [0.2, 0.25) is 0 Å². The van der Waals surface area contributed by atoms with Crippen molar-refractivity contribution in [2.24, 2.45) is 5.73 Å². The average molecular weight is 197 g/mol. The molecule has 3 heteroatoms. The van der Waals surface area contributed by atoms with Gasteiger partial charge in [0.05, 0.1) is 0 Å². The van der Waals surface area contributed by atoms with Crippen molar-refractivity contribution < 1.29 is 9.13 Å². The summed E-state index contributed by atoms with van der Waals surface area (Å²) in [6.45, 7) is 2.47. The van der Waals surface area contributed by atoms with Gasteiger partial charge in [0.15, 0.2) is 11.6 Å². The van der Waals surface area contributed by atoms with Crippen LogP contribution in [0, 0.1) is 5.82 Å². The van der Waals surface area contributed by atoms with Gasteiger partial charge in [0, 0.05) is 6.54 Å². The Morgan fingerprint density at radius 2 is 2.14 bits per heavy atom. The Balaban J connectivity index is 2.62. The molecular weight excluding hydrogens is 181 g/mol. The summed E-state index contributed by atoms with van der Waals surface area (Å²) in [7, 11) is 0. The first-order valence-corrected chi connectivity index (χ1v) is 4.89. The van der Waals surface area contributed by atoms with Crippen LogP contribution in [0.3, 0.4) is 0 Å². The van der Waals surface area contributed by atoms with E-state index in [0.29, 0.717) is 6.54 Å². The van der Waals surface area contributed by atoms with Gasteiger partial charge in [-0.05, 0) is 18.6 Å². The van der Waals surface area contributed by atoms with Crippen LogP contribution in [0.15, 0.2) is 24.3 Å². The van der Waals surface area contributed by atoms with E-state index in [1.165, 1.54) is 6.07 Å². The Labute approximate surface area is 83.9 Å². The van der Waals surface area contributed by atoms with Crippen LogP contribution in [-0.2, 0) is 0 Å². The van der Waals surface area contributed by atoms with E-state index in [2.05, 4.69) is 0 Å². The van der Waals surface area contributed by atoms with Crippen LogP contribution in [0.1, 0.15) is 19.8 Å². The summed E-state index contributed by atoms with van der Waals surface area (Å²) in [4.78, 5) is 0. The summed E-state index contributed by atoms with van der Waals surface area (Å²) in [6.07, 6.45) is 1.75. The molecule has 0 saturated carbocycles. The van der Waals surface area contributed by atoms with E-state index in [1.54, 1.807) is 18.2 Å². The number of halogens is 1. The largest absolute Gasteiger partial charge is 0.486 e. The molecule has 0 bridgehead atoms. The molecule has 0 fully saturated rings. The molecular formula is C11H16FNO. The molecule has 0 aliphatic heterocycles. The fourth-order valence-corrected chi connectivity index (χ4v) is 1.27. The standard InChI is InChI=1S/C11H16FNO/c1-2-5-9(8-13)14-11-7-4-3-6-10(11)12/h3-4,6-7,9H,2,5,8,13H2,1H3. The first-order chi connectivity index (χ1) is 6.77. The van der Waals surface area contributed by atoms with Crippen LogP contribution < -0.4 is 10.5 Å². The van der Waals surface area contributed by atoms with Crippen LogP contribution in [0.4, 0.5) is 4.39 Å². The fourth-order valence-electron chi connectivity index (χ4n) is 1.27. The Morgan fingerprint density at radius 3 is 2.71 bits per heavy atom. The lowest BCUT2D eigenvalue weighted by molar-refractivity contribution is 0.189. The lowest BCUT2D eigenvalue weighted by Gasteiger charge is -2.16. The fraction of sp³-hybridized carbons (Fsp3) is 0.455. The maximum atomic E-state index is 13.2. The molecule has 0 heterocycles. The summed E-state index contributed by atoms with van der Waals surface area (Å²) in [6, 6.07) is 6.39. The third-order valence-electron chi connectivity index (χ3n) is 2.00. The van der Waals surface area contributed by atoms with Crippen molar-refractivity contribution in [3.63, 3.8) is 0 Å². The maximum Gasteiger partial charge on any atom is 0.165 e. The van der Waals surface area contributed by atoms with Crippen molar-refractivity contribution in [3.8, 4) is 5.75 Å². The molecule has 0 amide bonds. The summed E-state index contributed by atoms with van der Waals surface area (Å²) in [5.41, 5.74) is 5.51. The topological polar surface area (TPSA) is 35.2 Å². The van der Waals surface area contributed by atoms with Crippen molar-refractivity contribution in [3.05, 3.63) is 30.1 Å². The summed E-state index contributed by atoms with van der Waals surface area (Å²) in [5, 5.41) is 0. The second kappa shape index (κ2) is 5.60. The van der Waals surface area contributed by atoms with Gasteiger partial charge in [-0.3, -0.25) is 0 Å². The molecule has 1 rings (SSSR count). The van der Waals surface area contributed by atoms with Gasteiger partial charge in [-0.2, -0.15) is 0 Å². The van der Waals surface area contributed by atoms with Gasteiger partial charge in [0.25, 0.3) is 0 Å². The van der Waals surface area contributed by atoms with Crippen LogP contribution >= 0.6 is 0 Å². The van der Waals surface area contributed by atoms with Gasteiger partial charge in [-0.25, -0.2) is 4.39 Å². The Hall–Kier alpha value is -1.09. The quantitative estimate of drug-likeness (QED) is 0.786. The lowest BCUT2D eigenvalue weighted by atomic mass is 10.2. The molecule has 1 unspecified atom stereocenters. The number of benzene rings is 1. The summed E-state index contributed by atoms with van der Waals surface area (Å²) in [5.74, 6) is -0.0431. The second-order valence-corrected chi connectivity index (χ2v) is 3.19. The second-order valence-electron chi connectivity index (χ2n) is 3.19. The normalized spacial score (nSPS) is 12.5. The number of nitrogens with two attached hydrogens (primary N) is 1. The van der Waals surface area contributed by atoms with E-state index >= 15 is 0 Å². The monoisotopic (exact) mass is 197 g/mol. The average Bonchev–Trinajstić information content (AvgIpc) is 2.20. The zero-order valence-electron chi connectivity index (χ0n) is 8.37. The SMILES string of the molecule is CCCC(CN)Oc1ccccc1F. The highest BCUT2D eigenvalue weighted by Crippen LogP contribution is 2.18. The highest BCUT2D eigenvalue weighted by Gasteiger charge is 2.09. The highest BCUT2D eigenvalue weighted by atomic mass is 19.1. The predicted molar refractivity (Wildman–Crippen MR) is 54.8 cm³/mol. The van der Waals surface area contributed by atoms with E-state index in [-0.39, 0.29) is 17.7 Å². The minimum Gasteiger partial charge on any atom is -0.486 e. The molecule has 0 aliphatic carbocycles. The molecule has 1 aromatic rings. The Morgan fingerprint density at radius 1 is 1.43 bits per heavy atom. The third kappa shape index (κ3) is 3.00. The number of ether oxygens (including phenoxy) is 1. The van der Waals surface area contributed by atoms with E-state index in [1.807, 2.05) is 6.92 Å². The van der Waals surface area contributed by atoms with Gasteiger partial charge in [0.2, 0.25) is 0 Å². The predicted octanol–water partition coefficient (Wildman–Crippen LogP) is 2.33. The molecule has 0 saturated heterocycles. The molecule has 1 aromatic carbocycles. The molecule has 14 heavy (non-hydrogen) atoms. The van der Waals surface area contributed by atoms with Crippen molar-refractivity contribution in [1.29, 1.82) is 0 Å². The smallest absolute Gasteiger partial charge is 0.165 e. The molecule has 78 valence electrons. The minimum atomic E-state index is -0.331. The first-order valence-electron chi connectivity index (χ1n) is 4.89. The van der Waals surface area contributed by atoms with E-state index in [9.17, 15) is 4.39 Å². The van der Waals surface area contributed by atoms with Crippen molar-refractivity contribution in [1.82, 2.24) is 0 Å². The molecule has 0 radical (unpaired) electrons. The molecule has 2 nitrogen and oxygen atoms in total. The summed E-state index contributed by atoms with van der Waals surface area (Å²) < 4.78 is 18.6. The lowest BCUT2D eigenvalue weighted by Crippen LogP contribution is -2.26. The van der Waals surface area contributed by atoms with Crippen LogP contribution in [0.5, 0.6) is 5.75 Å². The molecule has 0 aliphatic rings. The van der Waals surface area contributed by atoms with Crippen molar-refractivity contribution in [2.45, 2.75) is 25.9 Å². The van der Waals surface area contributed by atoms with Gasteiger partial charge in [-0.1, -0.05) is 25.5 Å². The Kier molecular flexibility index (Phi) is 4.40. The Bertz CT molecular complexity index is 278. The molecule has 2 N–H and O–H groups in total. The summed E-state index contributed by atoms with van der Waals surface area (Å²) >= 11 is 0. The van der Waals surface area contributed by atoms with Crippen molar-refractivity contribution >= 4 is 0 Å². The highest BCUT2D eigenvalue weighted by molar-refractivity contribution is 5.23. The molecule has 0 aromatic heterocycles. The van der Waals surface area contributed by atoms with E-state index in [4.69, 9.17) is 10.5 Å². The number of hydrogen-bond donors (Lipinski definition) is 1. The first kappa shape index (κ1) is 11.0. The number of rotatable bonds is 5. The third-order valence-corrected chi connectivity index (χ3v) is 2.00. The number of para-hydroxylation sites is 1. The van der Waals surface area contributed by atoms with E-state index < -0.39 is 0 Å². The zero-order valence-corrected chi connectivity index (χ0v) is 8.37. The number of hydrogen-bond acceptors (Lipinski definition) is 2. The van der Waals surface area contributed by atoms with Gasteiger partial charge in [0.1, 0.15) is 6.10 Å². The van der Waals surface area contributed by atoms with Gasteiger partial charge >= 0.3 is 0 Å². The van der Waals surface area contributed by atoms with Crippen LogP contribution in [0.25, 0.3) is 0 Å². The molecule has 1 atom stereocenters. The maximum absolute atomic E-state index is 13.2. The minimum absolute atomic E-state index is 0.0862.